The number of aromatic nitrogens is 4. The fourth-order valence-electron chi connectivity index (χ4n) is 1.14. The minimum Gasteiger partial charge on any atom is -0.478 e. The molecule has 0 bridgehead atoms. The third-order valence-electron chi connectivity index (χ3n) is 2.04. The van der Waals surface area contributed by atoms with Crippen molar-refractivity contribution < 1.29 is 19.5 Å². The molecule has 9 nitrogen and oxygen atoms in total. The van der Waals surface area contributed by atoms with Crippen LogP contribution >= 0.6 is 0 Å². The average Bonchev–Trinajstić information content (AvgIpc) is 2.76. The first-order valence-corrected chi connectivity index (χ1v) is 5.12. The Kier molecular flexibility index (Phi) is 3.65. The zero-order valence-electron chi connectivity index (χ0n) is 10.6. The van der Waals surface area contributed by atoms with Gasteiger partial charge < -0.3 is 5.11 Å². The quantitative estimate of drug-likeness (QED) is 0.565. The van der Waals surface area contributed by atoms with Crippen LogP contribution in [0.3, 0.4) is 0 Å². The van der Waals surface area contributed by atoms with Crippen LogP contribution in [0.4, 0.5) is 0 Å². The van der Waals surface area contributed by atoms with E-state index in [0.717, 1.165) is 11.1 Å². The van der Waals surface area contributed by atoms with Gasteiger partial charge in [-0.25, -0.2) is 4.79 Å². The van der Waals surface area contributed by atoms with E-state index in [-0.39, 0.29) is 6.41 Å². The maximum atomic E-state index is 11.4. The number of amides is 1. The number of aliphatic carboxylic acids is 1. The van der Waals surface area contributed by atoms with Crippen LogP contribution in [-0.4, -0.2) is 48.4 Å². The summed E-state index contributed by atoms with van der Waals surface area (Å²) in [7, 11) is 0. The SMILES string of the molecule is CC(C)(C)ON(C=O)C(C)(C(=O)O)n1ncnn1. The highest BCUT2D eigenvalue weighted by molar-refractivity contribution is 5.77. The second kappa shape index (κ2) is 4.69. The predicted molar refractivity (Wildman–Crippen MR) is 57.8 cm³/mol. The van der Waals surface area contributed by atoms with E-state index in [9.17, 15) is 14.7 Å². The van der Waals surface area contributed by atoms with E-state index in [4.69, 9.17) is 4.84 Å². The van der Waals surface area contributed by atoms with Gasteiger partial charge in [0, 0.05) is 0 Å². The molecule has 0 saturated heterocycles. The van der Waals surface area contributed by atoms with Gasteiger partial charge in [-0.3, -0.25) is 9.63 Å². The van der Waals surface area contributed by atoms with Crippen molar-refractivity contribution in [1.82, 2.24) is 25.3 Å². The van der Waals surface area contributed by atoms with Crippen LogP contribution in [0.2, 0.25) is 0 Å². The second-order valence-electron chi connectivity index (χ2n) is 4.69. The number of hydroxylamine groups is 2. The molecule has 100 valence electrons. The van der Waals surface area contributed by atoms with Crippen LogP contribution < -0.4 is 0 Å². The number of hydrogen-bond acceptors (Lipinski definition) is 6. The summed E-state index contributed by atoms with van der Waals surface area (Å²) in [5, 5.41) is 20.5. The van der Waals surface area contributed by atoms with Gasteiger partial charge in [-0.1, -0.05) is 0 Å². The summed E-state index contributed by atoms with van der Waals surface area (Å²) in [6, 6.07) is 0. The lowest BCUT2D eigenvalue weighted by atomic mass is 10.2. The molecule has 1 aromatic rings. The first-order chi connectivity index (χ1) is 8.21. The topological polar surface area (TPSA) is 110 Å². The van der Waals surface area contributed by atoms with Gasteiger partial charge in [0.25, 0.3) is 5.66 Å². The van der Waals surface area contributed by atoms with Crippen LogP contribution in [0.5, 0.6) is 0 Å². The van der Waals surface area contributed by atoms with Gasteiger partial charge in [0.05, 0.1) is 5.60 Å². The summed E-state index contributed by atoms with van der Waals surface area (Å²) in [6.45, 7) is 6.28. The lowest BCUT2D eigenvalue weighted by Gasteiger charge is -2.36. The molecule has 1 unspecified atom stereocenters. The van der Waals surface area contributed by atoms with Gasteiger partial charge in [-0.15, -0.1) is 15.0 Å². The molecule has 1 rings (SSSR count). The summed E-state index contributed by atoms with van der Waals surface area (Å²) >= 11 is 0. The average molecular weight is 257 g/mol. The van der Waals surface area contributed by atoms with Crippen LogP contribution in [0.1, 0.15) is 27.7 Å². The molecular formula is C9H15N5O4. The largest absolute Gasteiger partial charge is 0.478 e. The fourth-order valence-corrected chi connectivity index (χ4v) is 1.14. The van der Waals surface area contributed by atoms with Gasteiger partial charge >= 0.3 is 5.97 Å². The Bertz CT molecular complexity index is 427. The van der Waals surface area contributed by atoms with E-state index in [1.165, 1.54) is 6.92 Å². The molecule has 0 aromatic carbocycles. The number of carboxylic acids is 1. The van der Waals surface area contributed by atoms with E-state index in [1.807, 2.05) is 0 Å². The molecule has 0 saturated carbocycles. The third kappa shape index (κ3) is 2.62. The van der Waals surface area contributed by atoms with Gasteiger partial charge in [-0.05, 0) is 32.9 Å². The Hall–Kier alpha value is -2.03. The number of tetrazole rings is 1. The van der Waals surface area contributed by atoms with Crippen molar-refractivity contribution in [3.8, 4) is 0 Å². The lowest BCUT2D eigenvalue weighted by molar-refractivity contribution is -0.274. The number of carbonyl (C=O) groups is 2. The Labute approximate surface area is 103 Å². The normalized spacial score (nSPS) is 14.9. The highest BCUT2D eigenvalue weighted by Gasteiger charge is 2.46. The van der Waals surface area contributed by atoms with Crippen molar-refractivity contribution in [2.75, 3.05) is 0 Å². The van der Waals surface area contributed by atoms with Crippen molar-refractivity contribution in [3.05, 3.63) is 6.33 Å². The van der Waals surface area contributed by atoms with Crippen LogP contribution in [0.25, 0.3) is 0 Å². The molecule has 1 aromatic heterocycles. The Morgan fingerprint density at radius 3 is 2.39 bits per heavy atom. The zero-order chi connectivity index (χ0) is 14.0. The van der Waals surface area contributed by atoms with E-state index in [0.29, 0.717) is 5.06 Å². The molecular weight excluding hydrogens is 242 g/mol. The van der Waals surface area contributed by atoms with Gasteiger partial charge in [0.1, 0.15) is 0 Å². The predicted octanol–water partition coefficient (Wildman–Crippen LogP) is -0.381. The van der Waals surface area contributed by atoms with Crippen molar-refractivity contribution in [2.45, 2.75) is 39.0 Å². The molecule has 18 heavy (non-hydrogen) atoms. The number of carbonyl (C=O) groups excluding carboxylic acids is 1. The summed E-state index contributed by atoms with van der Waals surface area (Å²) in [4.78, 5) is 28.6. The van der Waals surface area contributed by atoms with Crippen molar-refractivity contribution in [1.29, 1.82) is 0 Å². The molecule has 0 fully saturated rings. The lowest BCUT2D eigenvalue weighted by Crippen LogP contribution is -2.56. The molecule has 1 N–H and O–H groups in total. The molecule has 9 heteroatoms. The van der Waals surface area contributed by atoms with Crippen molar-refractivity contribution in [2.24, 2.45) is 0 Å². The number of rotatable bonds is 5. The first-order valence-electron chi connectivity index (χ1n) is 5.12. The van der Waals surface area contributed by atoms with E-state index < -0.39 is 17.2 Å². The third-order valence-corrected chi connectivity index (χ3v) is 2.04. The number of carboxylic acid groups (broad SMARTS) is 1. The summed E-state index contributed by atoms with van der Waals surface area (Å²) in [5.41, 5.74) is -2.66. The minimum absolute atomic E-state index is 0.267. The Morgan fingerprint density at radius 2 is 2.06 bits per heavy atom. The Balaban J connectivity index is 3.18. The molecule has 0 spiro atoms. The molecule has 0 aliphatic carbocycles. The fraction of sp³-hybridized carbons (Fsp3) is 0.667. The Morgan fingerprint density at radius 1 is 1.44 bits per heavy atom. The summed E-state index contributed by atoms with van der Waals surface area (Å²) < 4.78 is 0. The smallest absolute Gasteiger partial charge is 0.356 e. The molecule has 1 atom stereocenters. The highest BCUT2D eigenvalue weighted by Crippen LogP contribution is 2.22. The van der Waals surface area contributed by atoms with Gasteiger partial charge in [0.15, 0.2) is 6.33 Å². The zero-order valence-corrected chi connectivity index (χ0v) is 10.6. The summed E-state index contributed by atoms with van der Waals surface area (Å²) in [6.07, 6.45) is 1.34. The first kappa shape index (κ1) is 14.0. The van der Waals surface area contributed by atoms with E-state index in [2.05, 4.69) is 15.4 Å². The van der Waals surface area contributed by atoms with Crippen LogP contribution in [-0.2, 0) is 20.1 Å². The van der Waals surface area contributed by atoms with Crippen molar-refractivity contribution in [3.63, 3.8) is 0 Å². The molecule has 1 heterocycles. The molecule has 0 aliphatic rings. The maximum Gasteiger partial charge on any atom is 0.356 e. The molecule has 1 amide bonds. The van der Waals surface area contributed by atoms with Crippen LogP contribution in [0.15, 0.2) is 6.33 Å². The van der Waals surface area contributed by atoms with E-state index in [1.54, 1.807) is 20.8 Å². The summed E-state index contributed by atoms with van der Waals surface area (Å²) in [5.74, 6) is -1.35. The molecule has 0 aliphatic heterocycles. The van der Waals surface area contributed by atoms with Crippen LogP contribution in [0, 0.1) is 0 Å². The van der Waals surface area contributed by atoms with Crippen molar-refractivity contribution >= 4 is 12.4 Å². The standard InChI is InChI=1S/C9H15N5O4/c1-8(2,3)18-13(6-15)9(4,7(16)17)14-11-5-10-12-14/h5-6H,1-4H3,(H,16,17). The van der Waals surface area contributed by atoms with Gasteiger partial charge in [0.2, 0.25) is 6.41 Å². The van der Waals surface area contributed by atoms with E-state index >= 15 is 0 Å². The minimum atomic E-state index is -1.91. The number of hydrogen-bond donors (Lipinski definition) is 1. The highest BCUT2D eigenvalue weighted by atomic mass is 16.7. The second-order valence-corrected chi connectivity index (χ2v) is 4.69. The monoisotopic (exact) mass is 257 g/mol. The number of nitrogens with zero attached hydrogens (tertiary/aromatic N) is 5. The van der Waals surface area contributed by atoms with Gasteiger partial charge in [-0.2, -0.15) is 5.06 Å². The molecule has 0 radical (unpaired) electrons. The maximum absolute atomic E-state index is 11.4.